The first kappa shape index (κ1) is 142. The zero-order valence-electron chi connectivity index (χ0n) is 89.1. The molecule has 0 saturated heterocycles. The van der Waals surface area contributed by atoms with Gasteiger partial charge in [-0.2, -0.15) is 14.2 Å². The van der Waals surface area contributed by atoms with Gasteiger partial charge in [-0.25, -0.2) is 33.7 Å². The van der Waals surface area contributed by atoms with Gasteiger partial charge in [0.05, 0.1) is 59.0 Å². The molecule has 28 heteroatoms. The van der Waals surface area contributed by atoms with Gasteiger partial charge in [-0.1, -0.05) is 312 Å². The Morgan fingerprint density at radius 2 is 0.551 bits per heavy atom. The van der Waals surface area contributed by atoms with Crippen LogP contribution in [0.1, 0.15) is 308 Å². The van der Waals surface area contributed by atoms with Gasteiger partial charge in [-0.05, 0) is 176 Å². The Morgan fingerprint density at radius 1 is 0.268 bits per heavy atom. The summed E-state index contributed by atoms with van der Waals surface area (Å²) in [6, 6.07) is 60.8. The normalized spacial score (nSPS) is 9.37. The van der Waals surface area contributed by atoms with Crippen LogP contribution in [-0.4, -0.2) is 61.8 Å². The third-order valence-corrected chi connectivity index (χ3v) is 22.0. The molecule has 4 aromatic heterocycles. The topological polar surface area (TPSA) is 347 Å². The number of para-hydroxylation sites is 1. The molecule has 0 aliphatic rings. The van der Waals surface area contributed by atoms with Crippen LogP contribution in [0.5, 0.6) is 0 Å². The number of nitrogens with zero attached hydrogens (tertiary/aromatic N) is 4. The van der Waals surface area contributed by atoms with Crippen LogP contribution >= 0.6 is 0 Å². The van der Waals surface area contributed by atoms with E-state index in [0.717, 1.165) is 45.3 Å². The molecule has 0 fully saturated rings. The number of carbonyl (C=O) groups is 4. The average Bonchev–Trinajstić information content (AvgIpc) is 0.801. The van der Waals surface area contributed by atoms with Crippen LogP contribution in [0.25, 0.3) is 0 Å². The molecule has 0 amide bonds. The summed E-state index contributed by atoms with van der Waals surface area (Å²) in [4.78, 5) is 56.2. The average molecular weight is 2140 g/mol. The molecule has 23 nitrogen and oxygen atoms in total. The van der Waals surface area contributed by atoms with Crippen molar-refractivity contribution >= 4 is 86.0 Å². The molecule has 0 unspecified atom stereocenters. The Balaban J connectivity index is -0.000000249. The Labute approximate surface area is 871 Å². The summed E-state index contributed by atoms with van der Waals surface area (Å²) >= 11 is 0. The van der Waals surface area contributed by atoms with Crippen molar-refractivity contribution in [1.82, 2.24) is 4.98 Å². The molecule has 0 aliphatic carbocycles. The molecule has 12 rings (SSSR count). The minimum absolute atomic E-state index is 0. The summed E-state index contributed by atoms with van der Waals surface area (Å²) in [5.74, 6) is -1.59. The van der Waals surface area contributed by atoms with Crippen molar-refractivity contribution in [2.45, 2.75) is 276 Å². The maximum Gasteiger partial charge on any atom is 0.261 e. The summed E-state index contributed by atoms with van der Waals surface area (Å²) < 4.78 is 113. The zero-order valence-corrected chi connectivity index (χ0v) is 94.1. The maximum atomic E-state index is 13.1. The largest absolute Gasteiger partial charge is 0.619 e. The van der Waals surface area contributed by atoms with Gasteiger partial charge in [0.1, 0.15) is 0 Å². The van der Waals surface area contributed by atoms with Crippen molar-refractivity contribution in [2.24, 2.45) is 0 Å². The number of hydrogen-bond acceptors (Lipinski definition) is 16. The number of aryl methyl sites for hydroxylation is 8. The number of carbonyl (C=O) groups excluding carboxylic acids is 4. The monoisotopic (exact) mass is 2140 g/mol. The van der Waals surface area contributed by atoms with Crippen LogP contribution < -0.4 is 33.1 Å². The first-order chi connectivity index (χ1) is 65.1. The molecular formula is C110H161N8O15S4Yb-. The molecule has 8 aromatic carbocycles. The molecule has 12 aromatic rings. The Morgan fingerprint density at radius 3 is 0.891 bits per heavy atom. The van der Waals surface area contributed by atoms with Crippen molar-refractivity contribution in [3.63, 3.8) is 0 Å². The second-order valence-corrected chi connectivity index (χ2v) is 31.8. The molecule has 4 N–H and O–H groups in total. The van der Waals surface area contributed by atoms with E-state index >= 15 is 0 Å². The maximum absolute atomic E-state index is 13.1. The molecule has 0 atom stereocenters. The molecular weight excluding hydrogens is 1970 g/mol. The third-order valence-electron chi connectivity index (χ3n) is 16.5. The van der Waals surface area contributed by atoms with Crippen molar-refractivity contribution in [3.8, 4) is 0 Å². The fraction of sp³-hybridized carbons (Fsp3) is 0.336. The minimum Gasteiger partial charge on any atom is -0.619 e. The summed E-state index contributed by atoms with van der Waals surface area (Å²) in [6.45, 7) is 72.1. The zero-order chi connectivity index (χ0) is 106. The number of hydrogen-bond donors (Lipinski definition) is 4. The third kappa shape index (κ3) is 48.0. The second-order valence-electron chi connectivity index (χ2n) is 25.0. The van der Waals surface area contributed by atoms with Crippen molar-refractivity contribution < 1.29 is 114 Å². The first-order valence-electron chi connectivity index (χ1n) is 47.1. The number of aromatic nitrogens is 4. The fourth-order valence-corrected chi connectivity index (χ4v) is 14.8. The van der Waals surface area contributed by atoms with Gasteiger partial charge >= 0.3 is 0 Å². The van der Waals surface area contributed by atoms with E-state index in [4.69, 9.17) is 0 Å². The van der Waals surface area contributed by atoms with E-state index in [1.165, 1.54) is 104 Å². The van der Waals surface area contributed by atoms with Crippen molar-refractivity contribution in [2.75, 3.05) is 18.9 Å². The Bertz CT molecular complexity index is 5870. The fourth-order valence-electron chi connectivity index (χ4n) is 10.4. The quantitative estimate of drug-likeness (QED) is 0.0238. The van der Waals surface area contributed by atoms with Gasteiger partial charge in [0.2, 0.25) is 23.0 Å². The van der Waals surface area contributed by atoms with Gasteiger partial charge in [0.15, 0.2) is 36.3 Å². The number of pyridine rings is 4. The van der Waals surface area contributed by atoms with Crippen LogP contribution in [0.15, 0.2) is 281 Å². The summed E-state index contributed by atoms with van der Waals surface area (Å²) in [5, 5.41) is 35.0. The van der Waals surface area contributed by atoms with Gasteiger partial charge in [0.25, 0.3) is 40.1 Å². The standard InChI is InChI=1S/2C21H20N2O4S.C21H20N2O3S.C18H14N2O4S.14C2H6.CH3.Yb/c1-14-4-9-18(10-5-14)28(26,27)22-20-11-6-15(2)12-19(20)21(24)17-8-7-16(3)23(25)13-17;1-14-6-9-17(10-7-14)28(26,27)22-20-11-8-15(2)13-19(20)21(24)18-5-4-12-23(25)16(18)3;1-14-4-9-18(10-5-14)27(25,26)23-20-11-6-15(2)12-19(20)21(24)17-8-7-16(3)22-13-17;21-18(14-7-6-12-20(22)13-14)16-10-4-5-11-17(16)19-25(23,24)15-8-2-1-3-9-15;14*1-2;;/h2*4-13,22H,1-3H3;4-13,23H,1-3H3;1-13,19H;14*1-2H3;1H3;/q;;;;;;;;;;;;;;;;;;-1;. The SMILES string of the molecule is CC.CC.CC.CC.CC.CC.CC.CC.CC.CC.CC.CC.CC.CC.Cc1ccc(S(=O)(=O)Nc2ccc(C)cc2C(=O)c2ccc(C)[n+]([O-])c2)cc1.Cc1ccc(S(=O)(=O)Nc2ccc(C)cc2C(=O)c2ccc(C)nc2)cc1.Cc1ccc(S(=O)(=O)Nc2ccc(C)cc2C(=O)c2ccc[n+]([O-])c2C)cc1.O=C(c1ccc[n+]([O-])c1)c1ccccc1NS(=O)(=O)c1ccccc1.[CH3-].[Yb]. The summed E-state index contributed by atoms with van der Waals surface area (Å²) in [5.41, 5.74) is 9.32. The number of ketones is 4. The van der Waals surface area contributed by atoms with E-state index in [9.17, 15) is 68.5 Å². The summed E-state index contributed by atoms with van der Waals surface area (Å²) in [7, 11) is -15.4. The van der Waals surface area contributed by atoms with E-state index in [-0.39, 0.29) is 147 Å². The molecule has 4 heterocycles. The molecule has 0 radical (unpaired) electrons. The molecule has 0 spiro atoms. The smallest absolute Gasteiger partial charge is 0.261 e. The van der Waals surface area contributed by atoms with Gasteiger partial charge in [-0.3, -0.25) is 43.1 Å². The molecule has 0 bridgehead atoms. The molecule has 0 saturated carbocycles. The van der Waals surface area contributed by atoms with E-state index < -0.39 is 57.4 Å². The first-order valence-corrected chi connectivity index (χ1v) is 53.0. The number of benzene rings is 8. The number of sulfonamides is 4. The molecule has 0 aliphatic heterocycles. The number of anilines is 4. The molecule has 138 heavy (non-hydrogen) atoms. The van der Waals surface area contributed by atoms with E-state index in [1.807, 2.05) is 228 Å². The van der Waals surface area contributed by atoms with Crippen LogP contribution in [0, 0.1) is 132 Å². The predicted molar refractivity (Wildman–Crippen MR) is 577 cm³/mol. The van der Waals surface area contributed by atoms with Crippen LogP contribution in [0.3, 0.4) is 0 Å². The van der Waals surface area contributed by atoms with E-state index in [0.29, 0.717) is 25.4 Å². The van der Waals surface area contributed by atoms with E-state index in [2.05, 4.69) is 23.9 Å². The Kier molecular flexibility index (Phi) is 82.3. The van der Waals surface area contributed by atoms with Crippen molar-refractivity contribution in [1.29, 1.82) is 0 Å². The second kappa shape index (κ2) is 79.8. The minimum atomic E-state index is -3.87. The predicted octanol–water partition coefficient (Wildman–Crippen LogP) is 27.8. The van der Waals surface area contributed by atoms with Crippen LogP contribution in [0.4, 0.5) is 22.7 Å². The molecule has 770 valence electrons. The van der Waals surface area contributed by atoms with Gasteiger partial charge in [0, 0.05) is 119 Å². The van der Waals surface area contributed by atoms with Gasteiger partial charge in [-0.15, -0.1) is 0 Å². The van der Waals surface area contributed by atoms with E-state index in [1.54, 1.807) is 179 Å². The van der Waals surface area contributed by atoms with Crippen molar-refractivity contribution in [3.05, 3.63) is 380 Å². The van der Waals surface area contributed by atoms with Gasteiger partial charge < -0.3 is 23.0 Å². The Hall–Kier alpha value is -11.0. The summed E-state index contributed by atoms with van der Waals surface area (Å²) in [6.07, 6.45) is 6.41. The van der Waals surface area contributed by atoms with Crippen LogP contribution in [-0.2, 0) is 40.1 Å². The van der Waals surface area contributed by atoms with Crippen LogP contribution in [0.2, 0.25) is 0 Å². The number of nitrogens with one attached hydrogen (secondary N) is 4. The number of rotatable bonds is 20.